The second-order valence-electron chi connectivity index (χ2n) is 4.35. The van der Waals surface area contributed by atoms with E-state index in [1.807, 2.05) is 12.1 Å². The van der Waals surface area contributed by atoms with Gasteiger partial charge < -0.3 is 9.88 Å². The molecule has 106 valence electrons. The summed E-state index contributed by atoms with van der Waals surface area (Å²) in [6.45, 7) is 3.18. The van der Waals surface area contributed by atoms with Crippen molar-refractivity contribution < 1.29 is 0 Å². The van der Waals surface area contributed by atoms with Gasteiger partial charge in [0.05, 0.1) is 23.6 Å². The Balaban J connectivity index is 2.29. The second-order valence-corrected chi connectivity index (χ2v) is 4.75. The Labute approximate surface area is 127 Å². The van der Waals surface area contributed by atoms with E-state index in [0.29, 0.717) is 10.7 Å². The van der Waals surface area contributed by atoms with Gasteiger partial charge >= 0.3 is 0 Å². The van der Waals surface area contributed by atoms with E-state index in [4.69, 9.17) is 22.1 Å². The summed E-state index contributed by atoms with van der Waals surface area (Å²) < 4.78 is 1.57. The molecule has 0 fully saturated rings. The minimum atomic E-state index is 0.105. The van der Waals surface area contributed by atoms with Crippen LogP contribution < -0.4 is 5.32 Å². The molecule has 2 aromatic rings. The smallest absolute Gasteiger partial charge is 0.176 e. The minimum absolute atomic E-state index is 0.105. The molecule has 7 heteroatoms. The Kier molecular flexibility index (Phi) is 4.76. The van der Waals surface area contributed by atoms with Gasteiger partial charge in [0.2, 0.25) is 0 Å². The van der Waals surface area contributed by atoms with Crippen molar-refractivity contribution in [1.82, 2.24) is 14.5 Å². The van der Waals surface area contributed by atoms with E-state index < -0.39 is 0 Å². The highest BCUT2D eigenvalue weighted by atomic mass is 35.5. The number of hydrogen-bond donors (Lipinski definition) is 1. The Bertz CT molecular complexity index is 722. The first-order chi connectivity index (χ1) is 10.2. The molecule has 0 aliphatic heterocycles. The van der Waals surface area contributed by atoms with Crippen molar-refractivity contribution in [1.29, 1.82) is 10.5 Å². The van der Waals surface area contributed by atoms with E-state index in [0.717, 1.165) is 18.8 Å². The molecule has 0 aromatic carbocycles. The maximum Gasteiger partial charge on any atom is 0.176 e. The van der Waals surface area contributed by atoms with Gasteiger partial charge in [0.25, 0.3) is 0 Å². The normalized spacial score (nSPS) is 9.90. The van der Waals surface area contributed by atoms with Crippen molar-refractivity contribution in [2.75, 3.05) is 11.9 Å². The van der Waals surface area contributed by atoms with Gasteiger partial charge in [-0.15, -0.1) is 0 Å². The van der Waals surface area contributed by atoms with Gasteiger partial charge in [-0.3, -0.25) is 0 Å². The molecular weight excluding hydrogens is 288 g/mol. The van der Waals surface area contributed by atoms with Crippen molar-refractivity contribution in [3.05, 3.63) is 40.6 Å². The Morgan fingerprint density at radius 1 is 1.33 bits per heavy atom. The third-order valence-electron chi connectivity index (χ3n) is 2.84. The number of anilines is 1. The summed E-state index contributed by atoms with van der Waals surface area (Å²) in [5.74, 6) is 0.732. The molecule has 0 saturated heterocycles. The van der Waals surface area contributed by atoms with Gasteiger partial charge in [0, 0.05) is 6.54 Å². The average molecular weight is 301 g/mol. The van der Waals surface area contributed by atoms with Gasteiger partial charge in [-0.25, -0.2) is 9.97 Å². The number of hydrogen-bond acceptors (Lipinski definition) is 5. The fraction of sp³-hybridized carbons (Fsp3) is 0.286. The van der Waals surface area contributed by atoms with Crippen LogP contribution in [0.25, 0.3) is 0 Å². The molecule has 0 saturated carbocycles. The van der Waals surface area contributed by atoms with E-state index in [1.54, 1.807) is 16.7 Å². The molecule has 0 bridgehead atoms. The Hall–Kier alpha value is -2.57. The molecule has 0 atom stereocenters. The first kappa shape index (κ1) is 14.8. The summed E-state index contributed by atoms with van der Waals surface area (Å²) in [4.78, 5) is 8.33. The number of halogens is 1. The molecule has 2 rings (SSSR count). The predicted molar refractivity (Wildman–Crippen MR) is 78.8 cm³/mol. The molecular formula is C14H13ClN6. The number of aromatic nitrogens is 3. The van der Waals surface area contributed by atoms with Gasteiger partial charge in [-0.1, -0.05) is 18.5 Å². The second kappa shape index (κ2) is 6.74. The van der Waals surface area contributed by atoms with Crippen LogP contribution in [0.15, 0.2) is 18.5 Å². The summed E-state index contributed by atoms with van der Waals surface area (Å²) >= 11 is 6.14. The zero-order valence-electron chi connectivity index (χ0n) is 11.5. The number of nitriles is 2. The lowest BCUT2D eigenvalue weighted by Crippen LogP contribution is -2.07. The largest absolute Gasteiger partial charge is 0.370 e. The average Bonchev–Trinajstić information content (AvgIpc) is 2.89. The van der Waals surface area contributed by atoms with Gasteiger partial charge in [0.1, 0.15) is 18.0 Å². The van der Waals surface area contributed by atoms with Crippen molar-refractivity contribution >= 4 is 17.4 Å². The number of pyridine rings is 1. The van der Waals surface area contributed by atoms with Crippen LogP contribution in [0.3, 0.4) is 0 Å². The van der Waals surface area contributed by atoms with Crippen LogP contribution in [-0.4, -0.2) is 21.1 Å². The lowest BCUT2D eigenvalue weighted by Gasteiger charge is -2.09. The monoisotopic (exact) mass is 300 g/mol. The van der Waals surface area contributed by atoms with Crippen LogP contribution in [0.4, 0.5) is 5.82 Å². The quantitative estimate of drug-likeness (QED) is 0.916. The minimum Gasteiger partial charge on any atom is -0.370 e. The standard InChI is InChI=1S/C14H13ClN6/c1-2-5-18-14-4-3-10(15)12(20-14)8-21-9-19-11(6-16)13(21)7-17/h3-4,9H,2,5,8H2,1H3,(H,18,20). The fourth-order valence-corrected chi connectivity index (χ4v) is 1.97. The van der Waals surface area contributed by atoms with E-state index in [2.05, 4.69) is 22.2 Å². The molecule has 21 heavy (non-hydrogen) atoms. The zero-order chi connectivity index (χ0) is 15.2. The third kappa shape index (κ3) is 3.31. The number of imidazole rings is 1. The van der Waals surface area contributed by atoms with Crippen LogP contribution in [-0.2, 0) is 6.54 Å². The molecule has 0 aliphatic carbocycles. The molecule has 1 N–H and O–H groups in total. The molecule has 0 aliphatic rings. The lowest BCUT2D eigenvalue weighted by atomic mass is 10.3. The van der Waals surface area contributed by atoms with Crippen molar-refractivity contribution in [2.45, 2.75) is 19.9 Å². The highest BCUT2D eigenvalue weighted by Gasteiger charge is 2.12. The van der Waals surface area contributed by atoms with Crippen LogP contribution in [0.5, 0.6) is 0 Å². The van der Waals surface area contributed by atoms with Crippen LogP contribution in [0.1, 0.15) is 30.4 Å². The third-order valence-corrected chi connectivity index (χ3v) is 3.19. The Morgan fingerprint density at radius 3 is 2.81 bits per heavy atom. The lowest BCUT2D eigenvalue weighted by molar-refractivity contribution is 0.763. The first-order valence-electron chi connectivity index (χ1n) is 6.44. The predicted octanol–water partition coefficient (Wildman–Crippen LogP) is 2.55. The van der Waals surface area contributed by atoms with Crippen molar-refractivity contribution in [2.24, 2.45) is 0 Å². The molecule has 0 spiro atoms. The summed E-state index contributed by atoms with van der Waals surface area (Å²) in [5.41, 5.74) is 0.937. The summed E-state index contributed by atoms with van der Waals surface area (Å²) in [6, 6.07) is 7.43. The number of nitrogens with one attached hydrogen (secondary N) is 1. The van der Waals surface area contributed by atoms with Crippen LogP contribution in [0, 0.1) is 22.7 Å². The van der Waals surface area contributed by atoms with Gasteiger partial charge in [0.15, 0.2) is 11.4 Å². The first-order valence-corrected chi connectivity index (χ1v) is 6.82. The van der Waals surface area contributed by atoms with Crippen LogP contribution in [0.2, 0.25) is 5.02 Å². The Morgan fingerprint density at radius 2 is 2.14 bits per heavy atom. The number of rotatable bonds is 5. The van der Waals surface area contributed by atoms with E-state index in [1.165, 1.54) is 6.33 Å². The van der Waals surface area contributed by atoms with Crippen LogP contribution >= 0.6 is 11.6 Å². The maximum atomic E-state index is 9.11. The molecule has 2 aromatic heterocycles. The SMILES string of the molecule is CCCNc1ccc(Cl)c(Cn2cnc(C#N)c2C#N)n1. The topological polar surface area (TPSA) is 90.3 Å². The van der Waals surface area contributed by atoms with Crippen molar-refractivity contribution in [3.63, 3.8) is 0 Å². The van der Waals surface area contributed by atoms with E-state index >= 15 is 0 Å². The summed E-state index contributed by atoms with van der Waals surface area (Å²) in [6.07, 6.45) is 2.44. The molecule has 0 radical (unpaired) electrons. The summed E-state index contributed by atoms with van der Waals surface area (Å²) in [5, 5.41) is 21.7. The van der Waals surface area contributed by atoms with Gasteiger partial charge in [-0.2, -0.15) is 10.5 Å². The molecule has 0 unspecified atom stereocenters. The van der Waals surface area contributed by atoms with E-state index in [9.17, 15) is 0 Å². The maximum absolute atomic E-state index is 9.11. The highest BCUT2D eigenvalue weighted by molar-refractivity contribution is 6.31. The van der Waals surface area contributed by atoms with Gasteiger partial charge in [-0.05, 0) is 18.6 Å². The number of nitrogens with zero attached hydrogens (tertiary/aromatic N) is 5. The van der Waals surface area contributed by atoms with E-state index in [-0.39, 0.29) is 17.9 Å². The molecule has 6 nitrogen and oxygen atoms in total. The zero-order valence-corrected chi connectivity index (χ0v) is 12.2. The summed E-state index contributed by atoms with van der Waals surface area (Å²) in [7, 11) is 0. The van der Waals surface area contributed by atoms with Crippen molar-refractivity contribution in [3.8, 4) is 12.1 Å². The fourth-order valence-electron chi connectivity index (χ4n) is 1.81. The molecule has 2 heterocycles. The molecule has 0 amide bonds. The highest BCUT2D eigenvalue weighted by Crippen LogP contribution is 2.19.